The van der Waals surface area contributed by atoms with Gasteiger partial charge in [0.05, 0.1) is 15.1 Å². The second kappa shape index (κ2) is 9.95. The van der Waals surface area contributed by atoms with E-state index in [1.165, 1.54) is 29.7 Å². The van der Waals surface area contributed by atoms with Crippen LogP contribution in [0.3, 0.4) is 0 Å². The molecule has 1 heterocycles. The Balaban J connectivity index is 0.00000256. The molecule has 2 aromatic rings. The lowest BCUT2D eigenvalue weighted by Crippen LogP contribution is -2.35. The maximum absolute atomic E-state index is 12.5. The minimum atomic E-state index is -3.72. The van der Waals surface area contributed by atoms with Crippen molar-refractivity contribution in [3.63, 3.8) is 0 Å². The Labute approximate surface area is 199 Å². The third-order valence-corrected chi connectivity index (χ3v) is 8.49. The number of unbranched alkanes of at least 4 members (excludes halogenated alkanes) is 1. The second-order valence-corrected chi connectivity index (χ2v) is 10.6. The van der Waals surface area contributed by atoms with Crippen molar-refractivity contribution in [2.45, 2.75) is 43.0 Å². The van der Waals surface area contributed by atoms with Crippen LogP contribution in [-0.4, -0.2) is 33.0 Å². The Morgan fingerprint density at radius 2 is 1.70 bits per heavy atom. The van der Waals surface area contributed by atoms with Crippen molar-refractivity contribution in [2.24, 2.45) is 0 Å². The summed E-state index contributed by atoms with van der Waals surface area (Å²) in [5, 5.41) is 0.461. The number of hydrogen-bond donors (Lipinski definition) is 1. The van der Waals surface area contributed by atoms with Gasteiger partial charge in [-0.3, -0.25) is 4.90 Å². The van der Waals surface area contributed by atoms with Crippen LogP contribution in [0.2, 0.25) is 15.1 Å². The van der Waals surface area contributed by atoms with Gasteiger partial charge in [0.25, 0.3) is 0 Å². The molecule has 0 aromatic heterocycles. The molecule has 1 aliphatic carbocycles. The zero-order chi connectivity index (χ0) is 20.6. The fourth-order valence-corrected chi connectivity index (χ4v) is 6.53. The molecule has 30 heavy (non-hydrogen) atoms. The van der Waals surface area contributed by atoms with Gasteiger partial charge in [0.2, 0.25) is 10.0 Å². The molecule has 0 amide bonds. The summed E-state index contributed by atoms with van der Waals surface area (Å²) in [6.07, 6.45) is 5.15. The Morgan fingerprint density at radius 3 is 2.47 bits per heavy atom. The first-order chi connectivity index (χ1) is 13.9. The molecule has 0 radical (unpaired) electrons. The van der Waals surface area contributed by atoms with Gasteiger partial charge in [-0.25, -0.2) is 13.1 Å². The first kappa shape index (κ1) is 24.1. The van der Waals surface area contributed by atoms with Crippen molar-refractivity contribution < 1.29 is 8.42 Å². The number of nitrogens with zero attached hydrogens (tertiary/aromatic N) is 1. The highest BCUT2D eigenvalue weighted by Gasteiger charge is 2.32. The van der Waals surface area contributed by atoms with Gasteiger partial charge < -0.3 is 0 Å². The molecule has 0 fully saturated rings. The van der Waals surface area contributed by atoms with E-state index in [9.17, 15) is 8.42 Å². The highest BCUT2D eigenvalue weighted by molar-refractivity contribution is 7.89. The summed E-state index contributed by atoms with van der Waals surface area (Å²) in [5.74, 6) is 0. The zero-order valence-corrected chi connectivity index (χ0v) is 20.2. The topological polar surface area (TPSA) is 49.4 Å². The minimum absolute atomic E-state index is 0. The Kier molecular flexibility index (Phi) is 8.00. The van der Waals surface area contributed by atoms with Crippen molar-refractivity contribution >= 4 is 57.2 Å². The summed E-state index contributed by atoms with van der Waals surface area (Å²) in [6.45, 7) is 2.42. The van der Waals surface area contributed by atoms with Crippen molar-refractivity contribution in [3.05, 3.63) is 62.1 Å². The van der Waals surface area contributed by atoms with Gasteiger partial charge >= 0.3 is 0 Å². The molecule has 2 aromatic carbocycles. The van der Waals surface area contributed by atoms with Crippen molar-refractivity contribution in [2.75, 3.05) is 19.6 Å². The van der Waals surface area contributed by atoms with E-state index in [1.807, 2.05) is 0 Å². The summed E-state index contributed by atoms with van der Waals surface area (Å²) in [7, 11) is -3.72. The average Bonchev–Trinajstić information content (AvgIpc) is 3.12. The van der Waals surface area contributed by atoms with Gasteiger partial charge in [0.15, 0.2) is 0 Å². The van der Waals surface area contributed by atoms with Crippen molar-refractivity contribution in [1.82, 2.24) is 9.62 Å². The second-order valence-electron chi connectivity index (χ2n) is 7.63. The number of sulfonamides is 1. The molecule has 0 saturated carbocycles. The standard InChI is InChI=1S/C21H23Cl3N2O2S.ClH/c22-16-12-18(24)20(13-17(16)23)29(27,28)25-9-1-2-10-26-11-8-15-5-3-4-14-6-7-19(26)21(14)15;/h3-5,12-13,19,25H,1-2,6-11H2;1H. The number of benzene rings is 2. The SMILES string of the molecule is Cl.O=S(=O)(NCCCCN1CCc2cccc3c2C1CC3)c1cc(Cl)c(Cl)cc1Cl. The average molecular weight is 510 g/mol. The van der Waals surface area contributed by atoms with Gasteiger partial charge in [0.1, 0.15) is 4.90 Å². The number of aryl methyl sites for hydroxylation is 1. The maximum atomic E-state index is 12.5. The Morgan fingerprint density at radius 1 is 1.00 bits per heavy atom. The van der Waals surface area contributed by atoms with Crippen LogP contribution in [0, 0.1) is 0 Å². The van der Waals surface area contributed by atoms with E-state index in [0.717, 1.165) is 38.8 Å². The molecular formula is C21H24Cl4N2O2S. The predicted octanol–water partition coefficient (Wildman–Crippen LogP) is 5.67. The normalized spacial score (nSPS) is 18.2. The molecule has 164 valence electrons. The van der Waals surface area contributed by atoms with Crippen LogP contribution in [0.5, 0.6) is 0 Å². The van der Waals surface area contributed by atoms with E-state index in [1.54, 1.807) is 5.56 Å². The van der Waals surface area contributed by atoms with Crippen LogP contribution >= 0.6 is 47.2 Å². The van der Waals surface area contributed by atoms with Gasteiger partial charge in [-0.05, 0) is 67.5 Å². The summed E-state index contributed by atoms with van der Waals surface area (Å²) in [5.41, 5.74) is 4.56. The third kappa shape index (κ3) is 4.93. The molecule has 1 atom stereocenters. The van der Waals surface area contributed by atoms with E-state index >= 15 is 0 Å². The van der Waals surface area contributed by atoms with Gasteiger partial charge in [-0.2, -0.15) is 0 Å². The largest absolute Gasteiger partial charge is 0.296 e. The quantitative estimate of drug-likeness (QED) is 0.386. The molecule has 4 nitrogen and oxygen atoms in total. The molecule has 2 aliphatic rings. The van der Waals surface area contributed by atoms with Crippen molar-refractivity contribution in [1.29, 1.82) is 0 Å². The first-order valence-corrected chi connectivity index (χ1v) is 12.5. The van der Waals surface area contributed by atoms with Crippen molar-refractivity contribution in [3.8, 4) is 0 Å². The Hall–Kier alpha value is -0.530. The van der Waals surface area contributed by atoms with Crippen LogP contribution in [-0.2, 0) is 22.9 Å². The number of hydrogen-bond acceptors (Lipinski definition) is 3. The minimum Gasteiger partial charge on any atom is -0.296 e. The molecule has 0 bridgehead atoms. The van der Waals surface area contributed by atoms with E-state index in [-0.39, 0.29) is 32.4 Å². The lowest BCUT2D eigenvalue weighted by molar-refractivity contribution is 0.182. The molecule has 0 saturated heterocycles. The predicted molar refractivity (Wildman–Crippen MR) is 126 cm³/mol. The molecular weight excluding hydrogens is 486 g/mol. The number of nitrogens with one attached hydrogen (secondary N) is 1. The molecule has 1 unspecified atom stereocenters. The van der Waals surface area contributed by atoms with E-state index in [0.29, 0.717) is 12.6 Å². The monoisotopic (exact) mass is 508 g/mol. The summed E-state index contributed by atoms with van der Waals surface area (Å²) in [4.78, 5) is 2.52. The van der Waals surface area contributed by atoms with Crippen LogP contribution in [0.4, 0.5) is 0 Å². The van der Waals surface area contributed by atoms with E-state index in [4.69, 9.17) is 34.8 Å². The number of halogens is 4. The number of rotatable bonds is 7. The van der Waals surface area contributed by atoms with Crippen LogP contribution < -0.4 is 4.72 Å². The summed E-state index contributed by atoms with van der Waals surface area (Å²) >= 11 is 17.9. The van der Waals surface area contributed by atoms with E-state index < -0.39 is 10.0 Å². The zero-order valence-electron chi connectivity index (χ0n) is 16.3. The Bertz CT molecular complexity index is 1030. The van der Waals surface area contributed by atoms with Gasteiger partial charge in [-0.15, -0.1) is 12.4 Å². The van der Waals surface area contributed by atoms with Gasteiger partial charge in [0, 0.05) is 19.1 Å². The lowest BCUT2D eigenvalue weighted by Gasteiger charge is -2.35. The first-order valence-electron chi connectivity index (χ1n) is 9.86. The maximum Gasteiger partial charge on any atom is 0.242 e. The molecule has 9 heteroatoms. The van der Waals surface area contributed by atoms with Crippen LogP contribution in [0.1, 0.15) is 42.0 Å². The molecule has 0 spiro atoms. The van der Waals surface area contributed by atoms with Crippen LogP contribution in [0.15, 0.2) is 35.2 Å². The molecule has 4 rings (SSSR count). The summed E-state index contributed by atoms with van der Waals surface area (Å²) in [6, 6.07) is 9.87. The third-order valence-electron chi connectivity index (χ3n) is 5.84. The van der Waals surface area contributed by atoms with Gasteiger partial charge in [-0.1, -0.05) is 53.0 Å². The van der Waals surface area contributed by atoms with E-state index in [2.05, 4.69) is 27.8 Å². The molecule has 1 aliphatic heterocycles. The lowest BCUT2D eigenvalue weighted by atomic mass is 9.93. The molecule has 1 N–H and O–H groups in total. The summed E-state index contributed by atoms with van der Waals surface area (Å²) < 4.78 is 27.7. The highest BCUT2D eigenvalue weighted by atomic mass is 35.5. The van der Waals surface area contributed by atoms with Crippen LogP contribution in [0.25, 0.3) is 0 Å². The smallest absolute Gasteiger partial charge is 0.242 e. The highest BCUT2D eigenvalue weighted by Crippen LogP contribution is 2.41. The fourth-order valence-electron chi connectivity index (χ4n) is 4.45. The fraction of sp³-hybridized carbons (Fsp3) is 0.429.